The van der Waals surface area contributed by atoms with Gasteiger partial charge in [-0.05, 0) is 70.6 Å². The molecular formula is C69H122O6. The minimum absolute atomic E-state index is 0.0795. The van der Waals surface area contributed by atoms with Crippen LogP contribution in [0, 0.1) is 0 Å². The van der Waals surface area contributed by atoms with Gasteiger partial charge < -0.3 is 14.2 Å². The maximum atomic E-state index is 12.9. The zero-order valence-corrected chi connectivity index (χ0v) is 49.8. The molecule has 0 aliphatic carbocycles. The predicted octanol–water partition coefficient (Wildman–Crippen LogP) is 22.1. The molecule has 0 aromatic carbocycles. The standard InChI is InChI=1S/C69H122O6/c1-4-7-10-13-16-19-22-24-26-28-30-32-34-36-38-40-42-44-47-50-53-56-59-62-68(71)74-65-66(64-73-67(70)61-58-55-52-49-46-21-18-15-12-9-6-3)75-69(72)63-60-57-54-51-48-45-43-41-39-37-35-33-31-29-27-25-23-20-17-14-11-8-5-2/h7,10,16,19,24,26,30,32,36,38,42,44,66H,4-6,8-9,11-15,17-18,20-23,25,27-29,31,33-35,37,39-41,43,45-65H2,1-3H3/b10-7-,19-16-,26-24-,32-30-,38-36-,44-42-. The van der Waals surface area contributed by atoms with Crippen LogP contribution in [0.5, 0.6) is 0 Å². The lowest BCUT2D eigenvalue weighted by atomic mass is 10.0. The third-order valence-electron chi connectivity index (χ3n) is 14.2. The molecule has 0 spiro atoms. The van der Waals surface area contributed by atoms with Gasteiger partial charge in [0.25, 0.3) is 0 Å². The fourth-order valence-corrected chi connectivity index (χ4v) is 9.39. The zero-order chi connectivity index (χ0) is 54.3. The van der Waals surface area contributed by atoms with Crippen LogP contribution in [0.3, 0.4) is 0 Å². The molecule has 0 aromatic heterocycles. The molecule has 0 bridgehead atoms. The number of allylic oxidation sites excluding steroid dienone is 12. The highest BCUT2D eigenvalue weighted by Crippen LogP contribution is 2.17. The van der Waals surface area contributed by atoms with Crippen LogP contribution in [-0.2, 0) is 28.6 Å². The minimum atomic E-state index is -0.784. The van der Waals surface area contributed by atoms with Crippen molar-refractivity contribution < 1.29 is 28.6 Å². The van der Waals surface area contributed by atoms with Crippen molar-refractivity contribution in [3.05, 3.63) is 72.9 Å². The number of hydrogen-bond acceptors (Lipinski definition) is 6. The monoisotopic (exact) mass is 1050 g/mol. The van der Waals surface area contributed by atoms with Crippen molar-refractivity contribution in [2.75, 3.05) is 13.2 Å². The van der Waals surface area contributed by atoms with E-state index in [1.54, 1.807) is 0 Å². The lowest BCUT2D eigenvalue weighted by Gasteiger charge is -2.18. The molecule has 0 N–H and O–H groups in total. The Morgan fingerprint density at radius 1 is 0.280 bits per heavy atom. The van der Waals surface area contributed by atoms with E-state index in [2.05, 4.69) is 93.7 Å². The minimum Gasteiger partial charge on any atom is -0.462 e. The van der Waals surface area contributed by atoms with Gasteiger partial charge in [-0.15, -0.1) is 0 Å². The molecule has 75 heavy (non-hydrogen) atoms. The van der Waals surface area contributed by atoms with Gasteiger partial charge >= 0.3 is 17.9 Å². The van der Waals surface area contributed by atoms with E-state index in [1.807, 2.05) is 0 Å². The number of rotatable bonds is 59. The van der Waals surface area contributed by atoms with E-state index in [0.717, 1.165) is 109 Å². The van der Waals surface area contributed by atoms with Crippen LogP contribution in [-0.4, -0.2) is 37.2 Å². The largest absolute Gasteiger partial charge is 0.462 e. The third-order valence-corrected chi connectivity index (χ3v) is 14.2. The van der Waals surface area contributed by atoms with Gasteiger partial charge in [0.1, 0.15) is 13.2 Å². The Morgan fingerprint density at radius 3 is 0.813 bits per heavy atom. The van der Waals surface area contributed by atoms with E-state index in [0.29, 0.717) is 19.3 Å². The smallest absolute Gasteiger partial charge is 0.306 e. The van der Waals surface area contributed by atoms with Crippen molar-refractivity contribution >= 4 is 17.9 Å². The van der Waals surface area contributed by atoms with Crippen molar-refractivity contribution in [2.45, 2.75) is 335 Å². The van der Waals surface area contributed by atoms with E-state index in [4.69, 9.17) is 14.2 Å². The second-order valence-electron chi connectivity index (χ2n) is 21.7. The number of esters is 3. The van der Waals surface area contributed by atoms with Crippen LogP contribution in [0.25, 0.3) is 0 Å². The molecule has 0 fully saturated rings. The third kappa shape index (κ3) is 61.6. The SMILES string of the molecule is CC/C=C\C/C=C\C/C=C\C/C=C\C/C=C\C/C=C\CCCCCCC(=O)OCC(COC(=O)CCCCCCCCCCCCC)OC(=O)CCCCCCCCCCCCCCCCCCCCCCCCC. The molecule has 6 nitrogen and oxygen atoms in total. The number of hydrogen-bond donors (Lipinski definition) is 0. The highest BCUT2D eigenvalue weighted by molar-refractivity contribution is 5.71. The Balaban J connectivity index is 4.30. The van der Waals surface area contributed by atoms with Gasteiger partial charge in [0, 0.05) is 19.3 Å². The summed E-state index contributed by atoms with van der Waals surface area (Å²) < 4.78 is 16.9. The summed E-state index contributed by atoms with van der Waals surface area (Å²) in [6, 6.07) is 0. The van der Waals surface area contributed by atoms with Crippen molar-refractivity contribution in [3.63, 3.8) is 0 Å². The summed E-state index contributed by atoms with van der Waals surface area (Å²) in [5.74, 6) is -0.889. The number of carbonyl (C=O) groups excluding carboxylic acids is 3. The van der Waals surface area contributed by atoms with E-state index in [9.17, 15) is 14.4 Å². The van der Waals surface area contributed by atoms with Gasteiger partial charge in [0.2, 0.25) is 0 Å². The van der Waals surface area contributed by atoms with Crippen molar-refractivity contribution in [1.29, 1.82) is 0 Å². The van der Waals surface area contributed by atoms with E-state index >= 15 is 0 Å². The Hall–Kier alpha value is -3.15. The molecule has 0 saturated heterocycles. The zero-order valence-electron chi connectivity index (χ0n) is 49.8. The van der Waals surface area contributed by atoms with Crippen molar-refractivity contribution in [1.82, 2.24) is 0 Å². The lowest BCUT2D eigenvalue weighted by molar-refractivity contribution is -0.167. The van der Waals surface area contributed by atoms with Crippen LogP contribution in [0.2, 0.25) is 0 Å². The molecule has 0 radical (unpaired) electrons. The van der Waals surface area contributed by atoms with Crippen LogP contribution in [0.4, 0.5) is 0 Å². The molecule has 0 saturated carbocycles. The normalized spacial score (nSPS) is 12.5. The Bertz CT molecular complexity index is 1390. The van der Waals surface area contributed by atoms with Crippen LogP contribution in [0.1, 0.15) is 329 Å². The summed E-state index contributed by atoms with van der Waals surface area (Å²) in [4.78, 5) is 38.3. The molecule has 0 rings (SSSR count). The van der Waals surface area contributed by atoms with E-state index in [1.165, 1.54) is 180 Å². The fraction of sp³-hybridized carbons (Fsp3) is 0.783. The van der Waals surface area contributed by atoms with Gasteiger partial charge in [0.15, 0.2) is 6.10 Å². The molecular weight excluding hydrogens is 925 g/mol. The van der Waals surface area contributed by atoms with Crippen LogP contribution < -0.4 is 0 Å². The van der Waals surface area contributed by atoms with Crippen LogP contribution in [0.15, 0.2) is 72.9 Å². The van der Waals surface area contributed by atoms with Crippen molar-refractivity contribution in [3.8, 4) is 0 Å². The molecule has 0 aliphatic heterocycles. The molecule has 0 heterocycles. The Labute approximate surface area is 465 Å². The molecule has 1 unspecified atom stereocenters. The highest BCUT2D eigenvalue weighted by atomic mass is 16.6. The van der Waals surface area contributed by atoms with Gasteiger partial charge in [-0.1, -0.05) is 312 Å². The summed E-state index contributed by atoms with van der Waals surface area (Å²) in [6.45, 7) is 6.54. The van der Waals surface area contributed by atoms with E-state index in [-0.39, 0.29) is 31.1 Å². The Morgan fingerprint density at radius 2 is 0.520 bits per heavy atom. The first-order chi connectivity index (χ1) is 37.0. The summed E-state index contributed by atoms with van der Waals surface area (Å²) in [6.07, 6.45) is 82.0. The first-order valence-electron chi connectivity index (χ1n) is 32.4. The van der Waals surface area contributed by atoms with Gasteiger partial charge in [-0.3, -0.25) is 14.4 Å². The molecule has 0 aliphatic rings. The average Bonchev–Trinajstić information content (AvgIpc) is 3.41. The van der Waals surface area contributed by atoms with Gasteiger partial charge in [-0.25, -0.2) is 0 Å². The molecule has 0 amide bonds. The summed E-state index contributed by atoms with van der Waals surface area (Å²) in [5, 5.41) is 0. The highest BCUT2D eigenvalue weighted by Gasteiger charge is 2.19. The van der Waals surface area contributed by atoms with Gasteiger partial charge in [-0.2, -0.15) is 0 Å². The number of ether oxygens (including phenoxy) is 3. The number of unbranched alkanes of at least 4 members (excludes halogenated alkanes) is 36. The van der Waals surface area contributed by atoms with Crippen molar-refractivity contribution in [2.24, 2.45) is 0 Å². The first-order valence-corrected chi connectivity index (χ1v) is 32.4. The predicted molar refractivity (Wildman–Crippen MR) is 325 cm³/mol. The molecule has 434 valence electrons. The average molecular weight is 1050 g/mol. The van der Waals surface area contributed by atoms with Gasteiger partial charge in [0.05, 0.1) is 0 Å². The maximum absolute atomic E-state index is 12.9. The first kappa shape index (κ1) is 71.8. The maximum Gasteiger partial charge on any atom is 0.306 e. The second kappa shape index (κ2) is 63.4. The quantitative estimate of drug-likeness (QED) is 0.0261. The van der Waals surface area contributed by atoms with Crippen LogP contribution >= 0.6 is 0 Å². The molecule has 1 atom stereocenters. The molecule has 6 heteroatoms. The topological polar surface area (TPSA) is 78.9 Å². The Kier molecular flexibility index (Phi) is 60.7. The summed E-state index contributed by atoms with van der Waals surface area (Å²) in [5.41, 5.74) is 0. The summed E-state index contributed by atoms with van der Waals surface area (Å²) >= 11 is 0. The second-order valence-corrected chi connectivity index (χ2v) is 21.7. The lowest BCUT2D eigenvalue weighted by Crippen LogP contribution is -2.30. The number of carbonyl (C=O) groups is 3. The summed E-state index contributed by atoms with van der Waals surface area (Å²) in [7, 11) is 0. The van der Waals surface area contributed by atoms with E-state index < -0.39 is 6.10 Å². The fourth-order valence-electron chi connectivity index (χ4n) is 9.39. The molecule has 0 aromatic rings.